The van der Waals surface area contributed by atoms with Crippen molar-refractivity contribution in [3.63, 3.8) is 0 Å². The molecule has 5 nitrogen and oxygen atoms in total. The van der Waals surface area contributed by atoms with E-state index in [2.05, 4.69) is 5.32 Å². The summed E-state index contributed by atoms with van der Waals surface area (Å²) in [4.78, 5) is 13.9. The fourth-order valence-electron chi connectivity index (χ4n) is 2.53. The lowest BCUT2D eigenvalue weighted by molar-refractivity contribution is 0.0784. The van der Waals surface area contributed by atoms with Crippen molar-refractivity contribution >= 4 is 5.91 Å². The number of aromatic hydroxyl groups is 2. The monoisotopic (exact) mass is 278 g/mol. The number of hydrogen-bond donors (Lipinski definition) is 3. The topological polar surface area (TPSA) is 72.8 Å². The zero-order valence-electron chi connectivity index (χ0n) is 11.8. The van der Waals surface area contributed by atoms with E-state index >= 15 is 0 Å². The Morgan fingerprint density at radius 2 is 2.00 bits per heavy atom. The van der Waals surface area contributed by atoms with Gasteiger partial charge in [0.05, 0.1) is 0 Å². The molecule has 1 aromatic carbocycles. The fraction of sp³-hybridized carbons (Fsp3) is 0.533. The highest BCUT2D eigenvalue weighted by Crippen LogP contribution is 2.25. The van der Waals surface area contributed by atoms with Gasteiger partial charge in [0, 0.05) is 19.2 Å². The molecule has 1 amide bonds. The van der Waals surface area contributed by atoms with Crippen molar-refractivity contribution in [2.75, 3.05) is 26.7 Å². The normalized spacial score (nSPS) is 16.1. The summed E-state index contributed by atoms with van der Waals surface area (Å²) in [6.07, 6.45) is 3.35. The average molecular weight is 278 g/mol. The summed E-state index contributed by atoms with van der Waals surface area (Å²) in [5.41, 5.74) is 0.396. The highest BCUT2D eigenvalue weighted by atomic mass is 16.3. The maximum atomic E-state index is 12.2. The maximum Gasteiger partial charge on any atom is 0.253 e. The number of piperidine rings is 1. The molecule has 1 heterocycles. The Morgan fingerprint density at radius 1 is 1.30 bits per heavy atom. The van der Waals surface area contributed by atoms with Gasteiger partial charge in [-0.3, -0.25) is 4.79 Å². The van der Waals surface area contributed by atoms with Crippen LogP contribution in [0.2, 0.25) is 0 Å². The van der Waals surface area contributed by atoms with Crippen LogP contribution in [0.5, 0.6) is 11.5 Å². The molecular weight excluding hydrogens is 256 g/mol. The summed E-state index contributed by atoms with van der Waals surface area (Å²) in [6.45, 7) is 2.84. The first-order valence-corrected chi connectivity index (χ1v) is 7.06. The van der Waals surface area contributed by atoms with E-state index in [1.165, 1.54) is 31.0 Å². The Labute approximate surface area is 119 Å². The van der Waals surface area contributed by atoms with Crippen molar-refractivity contribution in [2.45, 2.75) is 19.3 Å². The van der Waals surface area contributed by atoms with Crippen LogP contribution >= 0.6 is 0 Å². The molecule has 5 heteroatoms. The van der Waals surface area contributed by atoms with Gasteiger partial charge in [-0.25, -0.2) is 0 Å². The predicted octanol–water partition coefficient (Wildman–Crippen LogP) is 1.56. The van der Waals surface area contributed by atoms with E-state index in [4.69, 9.17) is 0 Å². The number of phenolic OH excluding ortho intramolecular Hbond substituents is 2. The summed E-state index contributed by atoms with van der Waals surface area (Å²) in [5, 5.41) is 22.0. The molecule has 0 aliphatic carbocycles. The molecular formula is C15H22N2O3. The molecule has 1 saturated heterocycles. The van der Waals surface area contributed by atoms with E-state index in [0.717, 1.165) is 19.5 Å². The van der Waals surface area contributed by atoms with Gasteiger partial charge in [0.1, 0.15) is 0 Å². The Hall–Kier alpha value is -1.75. The zero-order chi connectivity index (χ0) is 14.5. The van der Waals surface area contributed by atoms with Crippen molar-refractivity contribution in [3.8, 4) is 11.5 Å². The quantitative estimate of drug-likeness (QED) is 0.731. The minimum Gasteiger partial charge on any atom is -0.504 e. The van der Waals surface area contributed by atoms with Crippen LogP contribution in [0.4, 0.5) is 0 Å². The molecule has 1 aromatic rings. The van der Waals surface area contributed by atoms with Crippen LogP contribution < -0.4 is 5.32 Å². The van der Waals surface area contributed by atoms with Gasteiger partial charge in [0.2, 0.25) is 0 Å². The van der Waals surface area contributed by atoms with Gasteiger partial charge in [-0.15, -0.1) is 0 Å². The molecule has 20 heavy (non-hydrogen) atoms. The number of phenols is 2. The fourth-order valence-corrected chi connectivity index (χ4v) is 2.53. The Balaban J connectivity index is 1.89. The molecule has 0 aromatic heterocycles. The largest absolute Gasteiger partial charge is 0.504 e. The number of carbonyl (C=O) groups is 1. The smallest absolute Gasteiger partial charge is 0.253 e. The standard InChI is InChI=1S/C15H22N2O3/c1-17(9-6-11-4-7-16-8-5-11)15(20)12-2-3-13(18)14(19)10-12/h2-3,10-11,16,18-19H,4-9H2,1H3. The lowest BCUT2D eigenvalue weighted by atomic mass is 9.94. The van der Waals surface area contributed by atoms with Crippen LogP contribution in [0, 0.1) is 5.92 Å². The van der Waals surface area contributed by atoms with Crippen molar-refractivity contribution in [1.82, 2.24) is 10.2 Å². The number of nitrogens with one attached hydrogen (secondary N) is 1. The number of rotatable bonds is 4. The molecule has 3 N–H and O–H groups in total. The second kappa shape index (κ2) is 6.61. The third-order valence-electron chi connectivity index (χ3n) is 3.90. The molecule has 0 atom stereocenters. The molecule has 0 unspecified atom stereocenters. The Morgan fingerprint density at radius 3 is 2.65 bits per heavy atom. The van der Waals surface area contributed by atoms with Gasteiger partial charge in [0.15, 0.2) is 11.5 Å². The molecule has 0 saturated carbocycles. The van der Waals surface area contributed by atoms with Crippen molar-refractivity contribution in [2.24, 2.45) is 5.92 Å². The Kier molecular flexibility index (Phi) is 4.84. The van der Waals surface area contributed by atoms with Crippen LogP contribution in [0.1, 0.15) is 29.6 Å². The first kappa shape index (κ1) is 14.7. The minimum absolute atomic E-state index is 0.130. The lowest BCUT2D eigenvalue weighted by Crippen LogP contribution is -2.32. The van der Waals surface area contributed by atoms with Crippen molar-refractivity contribution < 1.29 is 15.0 Å². The molecule has 1 aliphatic rings. The van der Waals surface area contributed by atoms with Crippen LogP contribution in [-0.4, -0.2) is 47.7 Å². The molecule has 110 valence electrons. The van der Waals surface area contributed by atoms with Gasteiger partial charge in [-0.1, -0.05) is 0 Å². The van der Waals surface area contributed by atoms with Gasteiger partial charge >= 0.3 is 0 Å². The second-order valence-corrected chi connectivity index (χ2v) is 5.41. The minimum atomic E-state index is -0.261. The SMILES string of the molecule is CN(CCC1CCNCC1)C(=O)c1ccc(O)c(O)c1. The third-order valence-corrected chi connectivity index (χ3v) is 3.90. The molecule has 1 fully saturated rings. The summed E-state index contributed by atoms with van der Waals surface area (Å²) >= 11 is 0. The predicted molar refractivity (Wildman–Crippen MR) is 76.9 cm³/mol. The van der Waals surface area contributed by atoms with Crippen molar-refractivity contribution in [3.05, 3.63) is 23.8 Å². The third kappa shape index (κ3) is 3.63. The number of carbonyl (C=O) groups excluding carboxylic acids is 1. The van der Waals surface area contributed by atoms with E-state index in [0.29, 0.717) is 18.0 Å². The average Bonchev–Trinajstić information content (AvgIpc) is 2.48. The highest BCUT2D eigenvalue weighted by molar-refractivity contribution is 5.94. The Bertz CT molecular complexity index is 470. The first-order valence-electron chi connectivity index (χ1n) is 7.06. The van der Waals surface area contributed by atoms with Crippen LogP contribution in [-0.2, 0) is 0 Å². The lowest BCUT2D eigenvalue weighted by Gasteiger charge is -2.25. The van der Waals surface area contributed by atoms with Gasteiger partial charge in [-0.05, 0) is 56.5 Å². The van der Waals surface area contributed by atoms with E-state index < -0.39 is 0 Å². The summed E-state index contributed by atoms with van der Waals surface area (Å²) in [7, 11) is 1.77. The maximum absolute atomic E-state index is 12.2. The number of hydrogen-bond acceptors (Lipinski definition) is 4. The molecule has 0 radical (unpaired) electrons. The van der Waals surface area contributed by atoms with Crippen molar-refractivity contribution in [1.29, 1.82) is 0 Å². The van der Waals surface area contributed by atoms with Gasteiger partial charge < -0.3 is 20.4 Å². The van der Waals surface area contributed by atoms with E-state index in [-0.39, 0.29) is 17.4 Å². The van der Waals surface area contributed by atoms with Crippen LogP contribution in [0.25, 0.3) is 0 Å². The first-order chi connectivity index (χ1) is 9.58. The zero-order valence-corrected chi connectivity index (χ0v) is 11.8. The molecule has 0 spiro atoms. The number of benzene rings is 1. The molecule has 0 bridgehead atoms. The van der Waals surface area contributed by atoms with E-state index in [9.17, 15) is 15.0 Å². The molecule has 1 aliphatic heterocycles. The van der Waals surface area contributed by atoms with Crippen LogP contribution in [0.3, 0.4) is 0 Å². The van der Waals surface area contributed by atoms with Gasteiger partial charge in [0.25, 0.3) is 5.91 Å². The summed E-state index contributed by atoms with van der Waals surface area (Å²) in [6, 6.07) is 4.17. The van der Waals surface area contributed by atoms with E-state index in [1.54, 1.807) is 11.9 Å². The number of nitrogens with zero attached hydrogens (tertiary/aromatic N) is 1. The number of amides is 1. The molecule has 2 rings (SSSR count). The summed E-state index contributed by atoms with van der Waals surface area (Å²) in [5.74, 6) is 0.0791. The highest BCUT2D eigenvalue weighted by Gasteiger charge is 2.17. The van der Waals surface area contributed by atoms with Gasteiger partial charge in [-0.2, -0.15) is 0 Å². The van der Waals surface area contributed by atoms with E-state index in [1.807, 2.05) is 0 Å². The van der Waals surface area contributed by atoms with Crippen LogP contribution in [0.15, 0.2) is 18.2 Å². The summed E-state index contributed by atoms with van der Waals surface area (Å²) < 4.78 is 0. The second-order valence-electron chi connectivity index (χ2n) is 5.41.